The highest BCUT2D eigenvalue weighted by Gasteiger charge is 2.31. The average molecular weight is 408 g/mol. The molecule has 0 amide bonds. The Balaban J connectivity index is 1.80. The lowest BCUT2D eigenvalue weighted by Gasteiger charge is -2.21. The van der Waals surface area contributed by atoms with Gasteiger partial charge < -0.3 is 14.6 Å². The number of hydrogen-bond donors (Lipinski definition) is 1. The maximum atomic E-state index is 11.8. The molecule has 0 fully saturated rings. The Morgan fingerprint density at radius 3 is 2.79 bits per heavy atom. The number of aromatic nitrogens is 4. The van der Waals surface area contributed by atoms with Crippen LogP contribution < -0.4 is 9.47 Å². The number of aromatic carboxylic acids is 1. The van der Waals surface area contributed by atoms with Crippen molar-refractivity contribution >= 4 is 17.3 Å². The van der Waals surface area contributed by atoms with Crippen LogP contribution in [0.5, 0.6) is 11.5 Å². The molecule has 146 valence electrons. The lowest BCUT2D eigenvalue weighted by Crippen LogP contribution is -2.10. The van der Waals surface area contributed by atoms with E-state index < -0.39 is 5.97 Å². The summed E-state index contributed by atoms with van der Waals surface area (Å²) in [4.78, 5) is 11.8. The Hall–Kier alpha value is -3.59. The van der Waals surface area contributed by atoms with Gasteiger partial charge in [0, 0.05) is 35.8 Å². The second-order valence-corrected chi connectivity index (χ2v) is 7.37. The number of thiophene rings is 1. The predicted octanol–water partition coefficient (Wildman–Crippen LogP) is 3.60. The van der Waals surface area contributed by atoms with E-state index in [4.69, 9.17) is 9.47 Å². The SMILES string of the molecule is COc1cc2c(cc1-c1ccn(C)n1)-c1c(c(C(=O)O)nn1-c1ccsc1)CO2. The minimum atomic E-state index is -1.08. The van der Waals surface area contributed by atoms with Crippen molar-refractivity contribution in [1.29, 1.82) is 0 Å². The third-order valence-electron chi connectivity index (χ3n) is 4.86. The Morgan fingerprint density at radius 1 is 1.28 bits per heavy atom. The number of aryl methyl sites for hydroxylation is 1. The molecule has 0 saturated carbocycles. The molecule has 0 saturated heterocycles. The van der Waals surface area contributed by atoms with Crippen molar-refractivity contribution in [2.45, 2.75) is 6.61 Å². The van der Waals surface area contributed by atoms with Crippen LogP contribution in [0.15, 0.2) is 41.2 Å². The lowest BCUT2D eigenvalue weighted by atomic mass is 9.98. The van der Waals surface area contributed by atoms with E-state index >= 15 is 0 Å². The Bertz CT molecular complexity index is 1240. The van der Waals surface area contributed by atoms with Crippen molar-refractivity contribution in [1.82, 2.24) is 19.6 Å². The molecule has 0 spiro atoms. The second kappa shape index (κ2) is 6.49. The van der Waals surface area contributed by atoms with Gasteiger partial charge in [-0.2, -0.15) is 21.5 Å². The normalized spacial score (nSPS) is 12.2. The molecule has 0 radical (unpaired) electrons. The zero-order valence-corrected chi connectivity index (χ0v) is 16.4. The van der Waals surface area contributed by atoms with Crippen LogP contribution in [0.4, 0.5) is 0 Å². The van der Waals surface area contributed by atoms with Gasteiger partial charge in [0.1, 0.15) is 18.1 Å². The van der Waals surface area contributed by atoms with E-state index in [-0.39, 0.29) is 12.3 Å². The summed E-state index contributed by atoms with van der Waals surface area (Å²) in [7, 11) is 3.45. The Labute approximate surface area is 169 Å². The fraction of sp³-hybridized carbons (Fsp3) is 0.150. The van der Waals surface area contributed by atoms with Crippen molar-refractivity contribution in [3.63, 3.8) is 0 Å². The van der Waals surface area contributed by atoms with Gasteiger partial charge in [-0.3, -0.25) is 4.68 Å². The first-order valence-corrected chi connectivity index (χ1v) is 9.74. The summed E-state index contributed by atoms with van der Waals surface area (Å²) < 4.78 is 14.8. The van der Waals surface area contributed by atoms with Gasteiger partial charge in [-0.25, -0.2) is 9.48 Å². The number of ether oxygens (including phenoxy) is 2. The fourth-order valence-electron chi connectivity index (χ4n) is 3.54. The van der Waals surface area contributed by atoms with Crippen LogP contribution in [0.2, 0.25) is 0 Å². The first kappa shape index (κ1) is 17.5. The average Bonchev–Trinajstić information content (AvgIpc) is 3.45. The van der Waals surface area contributed by atoms with Crippen molar-refractivity contribution in [3.05, 3.63) is 52.5 Å². The van der Waals surface area contributed by atoms with Crippen LogP contribution in [-0.2, 0) is 13.7 Å². The van der Waals surface area contributed by atoms with Gasteiger partial charge >= 0.3 is 5.97 Å². The van der Waals surface area contributed by atoms with E-state index in [0.29, 0.717) is 22.8 Å². The van der Waals surface area contributed by atoms with Gasteiger partial charge in [-0.1, -0.05) is 0 Å². The van der Waals surface area contributed by atoms with E-state index in [1.54, 1.807) is 16.5 Å². The highest BCUT2D eigenvalue weighted by atomic mass is 32.1. The molecule has 0 aliphatic carbocycles. The molecule has 1 aliphatic rings. The number of methoxy groups -OCH3 is 1. The molecule has 9 heteroatoms. The minimum Gasteiger partial charge on any atom is -0.496 e. The number of benzene rings is 1. The maximum absolute atomic E-state index is 11.8. The largest absolute Gasteiger partial charge is 0.496 e. The number of carboxylic acids is 1. The molecule has 1 aliphatic heterocycles. The topological polar surface area (TPSA) is 91.4 Å². The fourth-order valence-corrected chi connectivity index (χ4v) is 4.16. The van der Waals surface area contributed by atoms with Crippen molar-refractivity contribution in [3.8, 4) is 39.7 Å². The van der Waals surface area contributed by atoms with Gasteiger partial charge in [-0.05, 0) is 23.6 Å². The number of nitrogens with zero attached hydrogens (tertiary/aromatic N) is 4. The van der Waals surface area contributed by atoms with E-state index in [1.807, 2.05) is 48.3 Å². The molecule has 0 unspecified atom stereocenters. The number of carboxylic acid groups (broad SMARTS) is 1. The predicted molar refractivity (Wildman–Crippen MR) is 107 cm³/mol. The number of rotatable bonds is 4. The molecule has 5 rings (SSSR count). The number of fused-ring (bicyclic) bond motifs is 3. The standard InChI is InChI=1S/C20H16N4O4S/c1-23-5-3-15(21-23)12-7-13-17(8-16(12)27-2)28-9-14-18(20(25)26)22-24(19(13)14)11-4-6-29-10-11/h3-8,10H,9H2,1-2H3,(H,25,26). The van der Waals surface area contributed by atoms with Crippen molar-refractivity contribution in [2.75, 3.05) is 7.11 Å². The number of carbonyl (C=O) groups is 1. The molecular formula is C20H16N4O4S. The van der Waals surface area contributed by atoms with Gasteiger partial charge in [0.15, 0.2) is 5.69 Å². The maximum Gasteiger partial charge on any atom is 0.356 e. The minimum absolute atomic E-state index is 0.00736. The highest BCUT2D eigenvalue weighted by Crippen LogP contribution is 2.45. The third kappa shape index (κ3) is 2.70. The molecule has 0 atom stereocenters. The first-order valence-electron chi connectivity index (χ1n) is 8.80. The monoisotopic (exact) mass is 408 g/mol. The smallest absolute Gasteiger partial charge is 0.356 e. The third-order valence-corrected chi connectivity index (χ3v) is 5.53. The summed E-state index contributed by atoms with van der Waals surface area (Å²) in [6, 6.07) is 7.54. The number of hydrogen-bond acceptors (Lipinski definition) is 6. The van der Waals surface area contributed by atoms with Gasteiger partial charge in [0.2, 0.25) is 0 Å². The molecule has 1 N–H and O–H groups in total. The first-order chi connectivity index (χ1) is 14.1. The van der Waals surface area contributed by atoms with Crippen LogP contribution in [0.3, 0.4) is 0 Å². The Morgan fingerprint density at radius 2 is 2.14 bits per heavy atom. The quantitative estimate of drug-likeness (QED) is 0.555. The second-order valence-electron chi connectivity index (χ2n) is 6.59. The van der Waals surface area contributed by atoms with Crippen LogP contribution >= 0.6 is 11.3 Å². The van der Waals surface area contributed by atoms with Crippen LogP contribution in [0.25, 0.3) is 28.2 Å². The van der Waals surface area contributed by atoms with E-state index in [1.165, 1.54) is 11.3 Å². The molecular weight excluding hydrogens is 392 g/mol. The summed E-state index contributed by atoms with van der Waals surface area (Å²) in [6.45, 7) is 0.125. The summed E-state index contributed by atoms with van der Waals surface area (Å²) in [5.41, 5.74) is 4.35. The van der Waals surface area contributed by atoms with Gasteiger partial charge in [0.25, 0.3) is 0 Å². The summed E-state index contributed by atoms with van der Waals surface area (Å²) in [6.07, 6.45) is 1.86. The molecule has 3 aromatic heterocycles. The summed E-state index contributed by atoms with van der Waals surface area (Å²) >= 11 is 1.52. The van der Waals surface area contributed by atoms with Crippen molar-refractivity contribution in [2.24, 2.45) is 7.05 Å². The van der Waals surface area contributed by atoms with Crippen LogP contribution in [-0.4, -0.2) is 37.7 Å². The molecule has 29 heavy (non-hydrogen) atoms. The van der Waals surface area contributed by atoms with Gasteiger partial charge in [-0.15, -0.1) is 0 Å². The molecule has 1 aromatic carbocycles. The van der Waals surface area contributed by atoms with Crippen LogP contribution in [0, 0.1) is 0 Å². The lowest BCUT2D eigenvalue weighted by molar-refractivity contribution is 0.0687. The summed E-state index contributed by atoms with van der Waals surface area (Å²) in [5.74, 6) is 0.161. The molecule has 8 nitrogen and oxygen atoms in total. The molecule has 4 aromatic rings. The zero-order chi connectivity index (χ0) is 20.1. The summed E-state index contributed by atoms with van der Waals surface area (Å²) in [5, 5.41) is 22.4. The van der Waals surface area contributed by atoms with Crippen molar-refractivity contribution < 1.29 is 19.4 Å². The van der Waals surface area contributed by atoms with E-state index in [2.05, 4.69) is 10.2 Å². The van der Waals surface area contributed by atoms with Crippen LogP contribution in [0.1, 0.15) is 16.1 Å². The molecule has 4 heterocycles. The molecule has 0 bridgehead atoms. The zero-order valence-electron chi connectivity index (χ0n) is 15.6. The highest BCUT2D eigenvalue weighted by molar-refractivity contribution is 7.08. The van der Waals surface area contributed by atoms with E-state index in [0.717, 1.165) is 22.5 Å². The van der Waals surface area contributed by atoms with E-state index in [9.17, 15) is 9.90 Å². The van der Waals surface area contributed by atoms with Gasteiger partial charge in [0.05, 0.1) is 29.7 Å². The Kier molecular flexibility index (Phi) is 3.92.